The number of carbonyl (C=O) groups excluding carboxylic acids is 1. The van der Waals surface area contributed by atoms with Crippen LogP contribution in [-0.4, -0.2) is 17.6 Å². The fraction of sp³-hybridized carbons (Fsp3) is 0.235. The number of rotatable bonds is 3. The lowest BCUT2D eigenvalue weighted by atomic mass is 9.97. The summed E-state index contributed by atoms with van der Waals surface area (Å²) in [6.07, 6.45) is 0.448. The van der Waals surface area contributed by atoms with Gasteiger partial charge in [0.2, 0.25) is 5.91 Å². The monoisotopic (exact) mass is 282 g/mol. The van der Waals surface area contributed by atoms with E-state index in [1.165, 1.54) is 5.56 Å². The van der Waals surface area contributed by atoms with Crippen LogP contribution in [0.3, 0.4) is 0 Å². The van der Waals surface area contributed by atoms with Gasteiger partial charge in [0.05, 0.1) is 0 Å². The molecule has 1 aliphatic rings. The number of carbonyl (C=O) groups is 1. The molecule has 0 saturated heterocycles. The van der Waals surface area contributed by atoms with Crippen LogP contribution in [0.5, 0.6) is 5.75 Å². The second-order valence-corrected chi connectivity index (χ2v) is 5.42. The lowest BCUT2D eigenvalue weighted by molar-refractivity contribution is -0.116. The van der Waals surface area contributed by atoms with Crippen LogP contribution in [0.25, 0.3) is 0 Å². The molecule has 0 radical (unpaired) electrons. The van der Waals surface area contributed by atoms with Crippen LogP contribution in [0.15, 0.2) is 42.5 Å². The number of amides is 1. The first-order valence-electron chi connectivity index (χ1n) is 7.06. The maximum Gasteiger partial charge on any atom is 0.225 e. The SMILES string of the molecule is Cc1cc(NC(=O)CC2CNc3ccccc32)ccc1O. The van der Waals surface area contributed by atoms with Gasteiger partial charge in [0, 0.05) is 30.3 Å². The highest BCUT2D eigenvalue weighted by molar-refractivity contribution is 5.91. The number of para-hydroxylation sites is 1. The summed E-state index contributed by atoms with van der Waals surface area (Å²) in [5, 5.41) is 15.7. The average Bonchev–Trinajstić information content (AvgIpc) is 2.86. The van der Waals surface area contributed by atoms with Crippen LogP contribution in [-0.2, 0) is 4.79 Å². The Bertz CT molecular complexity index is 682. The highest BCUT2D eigenvalue weighted by Crippen LogP contribution is 2.33. The fourth-order valence-electron chi connectivity index (χ4n) is 2.71. The number of anilines is 2. The molecule has 1 aliphatic heterocycles. The molecule has 3 rings (SSSR count). The molecule has 1 atom stereocenters. The van der Waals surface area contributed by atoms with Gasteiger partial charge in [0.25, 0.3) is 0 Å². The van der Waals surface area contributed by atoms with Crippen molar-refractivity contribution in [2.75, 3.05) is 17.2 Å². The van der Waals surface area contributed by atoms with Gasteiger partial charge in [-0.15, -0.1) is 0 Å². The third-order valence-electron chi connectivity index (χ3n) is 3.85. The fourth-order valence-corrected chi connectivity index (χ4v) is 2.71. The lowest BCUT2D eigenvalue weighted by Gasteiger charge is -2.11. The van der Waals surface area contributed by atoms with Gasteiger partial charge in [0.15, 0.2) is 0 Å². The number of aromatic hydroxyl groups is 1. The molecule has 2 aromatic carbocycles. The standard InChI is InChI=1S/C17H18N2O2/c1-11-8-13(6-7-16(11)20)19-17(21)9-12-10-18-15-5-3-2-4-14(12)15/h2-8,12,18,20H,9-10H2,1H3,(H,19,21). The smallest absolute Gasteiger partial charge is 0.225 e. The molecule has 1 amide bonds. The molecule has 0 fully saturated rings. The number of fused-ring (bicyclic) bond motifs is 1. The molecule has 0 bridgehead atoms. The van der Waals surface area contributed by atoms with Crippen molar-refractivity contribution in [1.29, 1.82) is 0 Å². The van der Waals surface area contributed by atoms with E-state index in [0.29, 0.717) is 6.42 Å². The van der Waals surface area contributed by atoms with Crippen LogP contribution >= 0.6 is 0 Å². The van der Waals surface area contributed by atoms with E-state index in [4.69, 9.17) is 0 Å². The van der Waals surface area contributed by atoms with Crippen molar-refractivity contribution in [3.63, 3.8) is 0 Å². The van der Waals surface area contributed by atoms with E-state index in [1.807, 2.05) is 25.1 Å². The van der Waals surface area contributed by atoms with E-state index in [2.05, 4.69) is 16.7 Å². The summed E-state index contributed by atoms with van der Waals surface area (Å²) in [4.78, 5) is 12.2. The summed E-state index contributed by atoms with van der Waals surface area (Å²) in [7, 11) is 0. The zero-order valence-corrected chi connectivity index (χ0v) is 11.9. The van der Waals surface area contributed by atoms with Crippen LogP contribution in [0.2, 0.25) is 0 Å². The maximum absolute atomic E-state index is 12.2. The summed E-state index contributed by atoms with van der Waals surface area (Å²) >= 11 is 0. The molecule has 21 heavy (non-hydrogen) atoms. The van der Waals surface area contributed by atoms with Crippen molar-refractivity contribution in [1.82, 2.24) is 0 Å². The van der Waals surface area contributed by atoms with Crippen molar-refractivity contribution in [2.45, 2.75) is 19.3 Å². The van der Waals surface area contributed by atoms with Crippen LogP contribution in [0, 0.1) is 6.92 Å². The molecular formula is C17H18N2O2. The predicted octanol–water partition coefficient (Wildman–Crippen LogP) is 3.24. The molecule has 108 valence electrons. The molecule has 0 saturated carbocycles. The molecule has 2 aromatic rings. The Kier molecular flexibility index (Phi) is 3.52. The Balaban J connectivity index is 1.66. The molecule has 0 aromatic heterocycles. The van der Waals surface area contributed by atoms with Gasteiger partial charge in [0.1, 0.15) is 5.75 Å². The molecule has 0 spiro atoms. The van der Waals surface area contributed by atoms with Gasteiger partial charge in [-0.3, -0.25) is 4.79 Å². The lowest BCUT2D eigenvalue weighted by Crippen LogP contribution is -2.16. The molecule has 4 nitrogen and oxygen atoms in total. The zero-order valence-electron chi connectivity index (χ0n) is 11.9. The molecule has 3 N–H and O–H groups in total. The maximum atomic E-state index is 12.2. The van der Waals surface area contributed by atoms with Gasteiger partial charge < -0.3 is 15.7 Å². The topological polar surface area (TPSA) is 61.4 Å². The van der Waals surface area contributed by atoms with Gasteiger partial charge in [-0.1, -0.05) is 18.2 Å². The minimum atomic E-state index is -0.0106. The molecule has 0 aliphatic carbocycles. The van der Waals surface area contributed by atoms with E-state index in [-0.39, 0.29) is 17.6 Å². The van der Waals surface area contributed by atoms with Crippen molar-refractivity contribution in [3.8, 4) is 5.75 Å². The summed E-state index contributed by atoms with van der Waals surface area (Å²) in [5.41, 5.74) is 3.79. The van der Waals surface area contributed by atoms with Crippen LogP contribution in [0.4, 0.5) is 11.4 Å². The first-order valence-corrected chi connectivity index (χ1v) is 7.06. The number of hydrogen-bond donors (Lipinski definition) is 3. The van der Waals surface area contributed by atoms with Crippen LogP contribution < -0.4 is 10.6 Å². The van der Waals surface area contributed by atoms with E-state index in [9.17, 15) is 9.90 Å². The Morgan fingerprint density at radius 3 is 2.95 bits per heavy atom. The van der Waals surface area contributed by atoms with Crippen molar-refractivity contribution in [2.24, 2.45) is 0 Å². The summed E-state index contributed by atoms with van der Waals surface area (Å²) < 4.78 is 0. The van der Waals surface area contributed by atoms with Gasteiger partial charge in [-0.05, 0) is 42.3 Å². The van der Waals surface area contributed by atoms with Gasteiger partial charge >= 0.3 is 0 Å². The predicted molar refractivity (Wildman–Crippen MR) is 83.8 cm³/mol. The Labute approximate surface area is 123 Å². The van der Waals surface area contributed by atoms with E-state index in [0.717, 1.165) is 23.5 Å². The van der Waals surface area contributed by atoms with Crippen molar-refractivity contribution in [3.05, 3.63) is 53.6 Å². The Hall–Kier alpha value is -2.49. The Morgan fingerprint density at radius 2 is 2.14 bits per heavy atom. The molecule has 4 heteroatoms. The van der Waals surface area contributed by atoms with Crippen LogP contribution in [0.1, 0.15) is 23.5 Å². The third kappa shape index (κ3) is 2.84. The van der Waals surface area contributed by atoms with E-state index >= 15 is 0 Å². The number of aryl methyl sites for hydroxylation is 1. The quantitative estimate of drug-likeness (QED) is 0.757. The molecular weight excluding hydrogens is 264 g/mol. The van der Waals surface area contributed by atoms with Gasteiger partial charge in [-0.25, -0.2) is 0 Å². The average molecular weight is 282 g/mol. The normalized spacial score (nSPS) is 16.1. The van der Waals surface area contributed by atoms with Crippen molar-refractivity contribution < 1.29 is 9.90 Å². The molecule has 1 unspecified atom stereocenters. The highest BCUT2D eigenvalue weighted by atomic mass is 16.3. The number of phenolic OH excluding ortho intramolecular Hbond substituents is 1. The largest absolute Gasteiger partial charge is 0.508 e. The van der Waals surface area contributed by atoms with Crippen molar-refractivity contribution >= 4 is 17.3 Å². The second kappa shape index (κ2) is 5.48. The van der Waals surface area contributed by atoms with Gasteiger partial charge in [-0.2, -0.15) is 0 Å². The minimum absolute atomic E-state index is 0.0106. The number of hydrogen-bond acceptors (Lipinski definition) is 3. The minimum Gasteiger partial charge on any atom is -0.508 e. The Morgan fingerprint density at radius 1 is 1.33 bits per heavy atom. The number of phenols is 1. The second-order valence-electron chi connectivity index (χ2n) is 5.42. The first kappa shape index (κ1) is 13.5. The highest BCUT2D eigenvalue weighted by Gasteiger charge is 2.23. The molecule has 1 heterocycles. The summed E-state index contributed by atoms with van der Waals surface area (Å²) in [6, 6.07) is 13.2. The number of benzene rings is 2. The van der Waals surface area contributed by atoms with E-state index in [1.54, 1.807) is 18.2 Å². The number of nitrogens with one attached hydrogen (secondary N) is 2. The summed E-state index contributed by atoms with van der Waals surface area (Å²) in [6.45, 7) is 2.60. The zero-order chi connectivity index (χ0) is 14.8. The first-order chi connectivity index (χ1) is 10.1. The third-order valence-corrected chi connectivity index (χ3v) is 3.85. The van der Waals surface area contributed by atoms with E-state index < -0.39 is 0 Å². The summed E-state index contributed by atoms with van der Waals surface area (Å²) in [5.74, 6) is 0.435.